The average Bonchev–Trinajstić information content (AvgIpc) is 3.37. The van der Waals surface area contributed by atoms with Gasteiger partial charge < -0.3 is 18.9 Å². The third-order valence-electron chi connectivity index (χ3n) is 11.4. The van der Waals surface area contributed by atoms with Gasteiger partial charge in [-0.3, -0.25) is 14.4 Å². The van der Waals surface area contributed by atoms with Crippen LogP contribution in [0.1, 0.15) is 66.7 Å². The highest BCUT2D eigenvalue weighted by molar-refractivity contribution is 5.98. The quantitative estimate of drug-likeness (QED) is 0.307. The minimum atomic E-state index is -0.924. The Morgan fingerprint density at radius 2 is 1.92 bits per heavy atom. The zero-order valence-corrected chi connectivity index (χ0v) is 22.6. The van der Waals surface area contributed by atoms with Crippen LogP contribution in [0.25, 0.3) is 0 Å². The van der Waals surface area contributed by atoms with Crippen molar-refractivity contribution >= 4 is 18.2 Å². The van der Waals surface area contributed by atoms with Crippen LogP contribution in [0, 0.1) is 46.8 Å². The first-order valence-corrected chi connectivity index (χ1v) is 14.1. The summed E-state index contributed by atoms with van der Waals surface area (Å²) in [5.74, 6) is -0.652. The molecule has 4 aliphatic carbocycles. The Morgan fingerprint density at radius 3 is 2.62 bits per heavy atom. The fourth-order valence-electron chi connectivity index (χ4n) is 9.41. The molecule has 1 unspecified atom stereocenters. The first-order chi connectivity index (χ1) is 17.6. The van der Waals surface area contributed by atoms with Gasteiger partial charge >= 0.3 is 5.97 Å². The lowest BCUT2D eigenvalue weighted by Crippen LogP contribution is -2.58. The monoisotopic (exact) mass is 512 g/mol. The molecule has 4 fully saturated rings. The van der Waals surface area contributed by atoms with Crippen LogP contribution in [0.3, 0.4) is 0 Å². The molecule has 2 heterocycles. The van der Waals surface area contributed by atoms with Crippen LogP contribution in [0.5, 0.6) is 0 Å². The zero-order chi connectivity index (χ0) is 26.3. The summed E-state index contributed by atoms with van der Waals surface area (Å²) in [6.07, 6.45) is 8.91. The van der Waals surface area contributed by atoms with Crippen molar-refractivity contribution in [3.8, 4) is 0 Å². The highest BCUT2D eigenvalue weighted by Gasteiger charge is 2.76. The lowest BCUT2D eigenvalue weighted by Gasteiger charge is -2.56. The normalized spacial score (nSPS) is 52.0. The summed E-state index contributed by atoms with van der Waals surface area (Å²) in [5.41, 5.74) is -0.255. The van der Waals surface area contributed by atoms with Crippen molar-refractivity contribution in [2.75, 3.05) is 6.61 Å². The van der Waals surface area contributed by atoms with Crippen molar-refractivity contribution < 1.29 is 33.3 Å². The molecule has 6 rings (SSSR count). The van der Waals surface area contributed by atoms with Gasteiger partial charge in [-0.2, -0.15) is 0 Å². The predicted molar refractivity (Wildman–Crippen MR) is 134 cm³/mol. The predicted octanol–water partition coefficient (Wildman–Crippen LogP) is 4.39. The SMILES string of the molecule is CCO[C@@]12C[C@H]3[C@@H](CC=C4CC=CC(=O)[C@@]43C)[C@@H]3C[C@H](OC=O)[C@@H]([C@@H]31)[C@](C)(C1C[C@H](C)[C@@H](C)C(=O)O1)O2. The van der Waals surface area contributed by atoms with Crippen molar-refractivity contribution in [2.24, 2.45) is 46.8 Å². The molecule has 0 N–H and O–H groups in total. The molecule has 6 aliphatic rings. The third kappa shape index (κ3) is 3.28. The molecule has 7 heteroatoms. The van der Waals surface area contributed by atoms with Crippen LogP contribution in [0.15, 0.2) is 23.8 Å². The largest absolute Gasteiger partial charge is 0.464 e. The lowest BCUT2D eigenvalue weighted by molar-refractivity contribution is -0.311. The Morgan fingerprint density at radius 1 is 1.14 bits per heavy atom. The highest BCUT2D eigenvalue weighted by atomic mass is 16.7. The van der Waals surface area contributed by atoms with Crippen LogP contribution in [0.4, 0.5) is 0 Å². The summed E-state index contributed by atoms with van der Waals surface area (Å²) < 4.78 is 25.6. The van der Waals surface area contributed by atoms with E-state index in [-0.39, 0.29) is 59.3 Å². The Balaban J connectivity index is 1.46. The molecular formula is C30H40O7. The average molecular weight is 513 g/mol. The molecule has 0 aromatic rings. The molecule has 0 aromatic heterocycles. The Bertz CT molecular complexity index is 1060. The van der Waals surface area contributed by atoms with Crippen molar-refractivity contribution in [1.29, 1.82) is 0 Å². The van der Waals surface area contributed by atoms with E-state index in [1.807, 2.05) is 26.8 Å². The molecule has 37 heavy (non-hydrogen) atoms. The molecular weight excluding hydrogens is 472 g/mol. The van der Waals surface area contributed by atoms with E-state index in [9.17, 15) is 14.4 Å². The summed E-state index contributed by atoms with van der Waals surface area (Å²) in [6.45, 7) is 11.1. The second kappa shape index (κ2) is 8.51. The zero-order valence-electron chi connectivity index (χ0n) is 22.6. The third-order valence-corrected chi connectivity index (χ3v) is 11.4. The summed E-state index contributed by atoms with van der Waals surface area (Å²) in [4.78, 5) is 38.0. The minimum Gasteiger partial charge on any atom is -0.464 e. The van der Waals surface area contributed by atoms with E-state index in [1.165, 1.54) is 5.57 Å². The highest BCUT2D eigenvalue weighted by Crippen LogP contribution is 2.70. The fraction of sp³-hybridized carbons (Fsp3) is 0.767. The summed E-state index contributed by atoms with van der Waals surface area (Å²) in [5, 5.41) is 0. The Labute approximate surface area is 219 Å². The molecule has 0 bridgehead atoms. The molecule has 202 valence electrons. The first-order valence-electron chi connectivity index (χ1n) is 14.1. The van der Waals surface area contributed by atoms with Crippen LogP contribution in [0.2, 0.25) is 0 Å². The van der Waals surface area contributed by atoms with E-state index < -0.39 is 22.9 Å². The number of ether oxygens (including phenoxy) is 4. The maximum Gasteiger partial charge on any atom is 0.309 e. The van der Waals surface area contributed by atoms with Gasteiger partial charge in [0.05, 0.1) is 11.3 Å². The van der Waals surface area contributed by atoms with Crippen molar-refractivity contribution in [2.45, 2.75) is 90.3 Å². The van der Waals surface area contributed by atoms with Gasteiger partial charge in [0.2, 0.25) is 0 Å². The Kier molecular flexibility index (Phi) is 5.81. The number of cyclic esters (lactones) is 1. The van der Waals surface area contributed by atoms with E-state index in [4.69, 9.17) is 18.9 Å². The molecule has 2 saturated heterocycles. The molecule has 0 amide bonds. The molecule has 2 saturated carbocycles. The van der Waals surface area contributed by atoms with Crippen LogP contribution in [-0.4, -0.2) is 48.4 Å². The second-order valence-electron chi connectivity index (χ2n) is 12.8. The van der Waals surface area contributed by atoms with E-state index in [0.717, 1.165) is 12.8 Å². The fourth-order valence-corrected chi connectivity index (χ4v) is 9.41. The molecule has 12 atom stereocenters. The number of hydrogen-bond acceptors (Lipinski definition) is 7. The van der Waals surface area contributed by atoms with Crippen LogP contribution in [-0.2, 0) is 33.3 Å². The number of ketones is 1. The topological polar surface area (TPSA) is 88.1 Å². The van der Waals surface area contributed by atoms with Gasteiger partial charge in [-0.25, -0.2) is 0 Å². The molecule has 2 aliphatic heterocycles. The van der Waals surface area contributed by atoms with E-state index in [1.54, 1.807) is 6.08 Å². The molecule has 0 spiro atoms. The van der Waals surface area contributed by atoms with Crippen molar-refractivity contribution in [3.05, 3.63) is 23.8 Å². The van der Waals surface area contributed by atoms with E-state index >= 15 is 0 Å². The van der Waals surface area contributed by atoms with Crippen molar-refractivity contribution in [1.82, 2.24) is 0 Å². The van der Waals surface area contributed by atoms with Gasteiger partial charge in [-0.1, -0.05) is 31.6 Å². The van der Waals surface area contributed by atoms with Crippen LogP contribution < -0.4 is 0 Å². The number of fused-ring (bicyclic) bond motifs is 4. The summed E-state index contributed by atoms with van der Waals surface area (Å²) in [6, 6.07) is 0. The Hall–Kier alpha value is -1.99. The summed E-state index contributed by atoms with van der Waals surface area (Å²) in [7, 11) is 0. The molecule has 7 nitrogen and oxygen atoms in total. The maximum atomic E-state index is 13.5. The van der Waals surface area contributed by atoms with Gasteiger partial charge in [0.25, 0.3) is 6.47 Å². The van der Waals surface area contributed by atoms with Gasteiger partial charge in [0.15, 0.2) is 11.6 Å². The number of carbonyl (C=O) groups excluding carboxylic acids is 3. The number of esters is 1. The number of rotatable bonds is 5. The number of hydrogen-bond donors (Lipinski definition) is 0. The van der Waals surface area contributed by atoms with Crippen LogP contribution >= 0.6 is 0 Å². The molecule has 0 aromatic carbocycles. The number of allylic oxidation sites excluding steroid dienone is 4. The van der Waals surface area contributed by atoms with E-state index in [0.29, 0.717) is 32.3 Å². The number of carbonyl (C=O) groups is 3. The minimum absolute atomic E-state index is 0.00945. The van der Waals surface area contributed by atoms with E-state index in [2.05, 4.69) is 19.9 Å². The summed E-state index contributed by atoms with van der Waals surface area (Å²) >= 11 is 0. The maximum absolute atomic E-state index is 13.5. The second-order valence-corrected chi connectivity index (χ2v) is 12.8. The van der Waals surface area contributed by atoms with Gasteiger partial charge in [-0.15, -0.1) is 0 Å². The van der Waals surface area contributed by atoms with Gasteiger partial charge in [0, 0.05) is 24.9 Å². The van der Waals surface area contributed by atoms with Gasteiger partial charge in [-0.05, 0) is 76.2 Å². The smallest absolute Gasteiger partial charge is 0.309 e. The molecule has 0 radical (unpaired) electrons. The standard InChI is InChI=1S/C30H40O7/c1-6-35-30-14-21-19(11-10-18-8-7-9-23(32)28(18,21)4)20-13-22(34-15-31)26(25(20)30)29(5,37-30)24-12-16(2)17(3)27(33)36-24/h7,9-10,15-17,19-22,24-26H,6,8,11-14H2,1-5H3/t16-,17+,19-,20-,21-,22-,24?,25+,26-,28-,29-,30+/m0/s1. The van der Waals surface area contributed by atoms with Gasteiger partial charge in [0.1, 0.15) is 17.8 Å². The lowest BCUT2D eigenvalue weighted by atomic mass is 9.49. The van der Waals surface area contributed by atoms with Crippen molar-refractivity contribution in [3.63, 3.8) is 0 Å². The first kappa shape index (κ1) is 25.3.